The zero-order valence-corrected chi connectivity index (χ0v) is 9.09. The van der Waals surface area contributed by atoms with Crippen molar-refractivity contribution in [1.29, 1.82) is 0 Å². The van der Waals surface area contributed by atoms with Crippen LogP contribution in [0.5, 0.6) is 0 Å². The molecule has 16 heavy (non-hydrogen) atoms. The van der Waals surface area contributed by atoms with Crippen LogP contribution in [0.2, 0.25) is 0 Å². The number of benzene rings is 1. The van der Waals surface area contributed by atoms with Crippen molar-refractivity contribution in [2.75, 3.05) is 0 Å². The first kappa shape index (κ1) is 9.16. The van der Waals surface area contributed by atoms with Crippen molar-refractivity contribution in [3.8, 4) is 11.3 Å². The lowest BCUT2D eigenvalue weighted by Gasteiger charge is -2.02. The highest BCUT2D eigenvalue weighted by Crippen LogP contribution is 2.23. The van der Waals surface area contributed by atoms with Crippen LogP contribution in [0.15, 0.2) is 54.7 Å². The van der Waals surface area contributed by atoms with Gasteiger partial charge in [-0.15, -0.1) is 0 Å². The van der Waals surface area contributed by atoms with Gasteiger partial charge < -0.3 is 0 Å². The summed E-state index contributed by atoms with van der Waals surface area (Å²) in [6, 6.07) is 16.4. The summed E-state index contributed by atoms with van der Waals surface area (Å²) in [4.78, 5) is 4.55. The Hall–Kier alpha value is -2.09. The molecule has 1 aromatic carbocycles. The smallest absolute Gasteiger partial charge is 0.137 e. The van der Waals surface area contributed by atoms with E-state index in [0.29, 0.717) is 0 Å². The minimum Gasteiger partial charge on any atom is -0.299 e. The zero-order valence-electron chi connectivity index (χ0n) is 9.09. The molecule has 2 aromatic heterocycles. The van der Waals surface area contributed by atoms with Crippen LogP contribution >= 0.6 is 0 Å². The van der Waals surface area contributed by atoms with Crippen molar-refractivity contribution >= 4 is 5.65 Å². The molecule has 2 nitrogen and oxygen atoms in total. The maximum absolute atomic E-state index is 4.55. The van der Waals surface area contributed by atoms with Gasteiger partial charge in [-0.3, -0.25) is 4.40 Å². The fraction of sp³-hybridized carbons (Fsp3) is 0.0714. The Balaban J connectivity index is 2.35. The fourth-order valence-electron chi connectivity index (χ4n) is 2.06. The number of hydrogen-bond acceptors (Lipinski definition) is 1. The summed E-state index contributed by atoms with van der Waals surface area (Å²) in [5.41, 5.74) is 4.45. The van der Waals surface area contributed by atoms with Crippen molar-refractivity contribution < 1.29 is 0 Å². The van der Waals surface area contributed by atoms with Gasteiger partial charge in [0.15, 0.2) is 0 Å². The maximum Gasteiger partial charge on any atom is 0.137 e. The van der Waals surface area contributed by atoms with E-state index < -0.39 is 0 Å². The van der Waals surface area contributed by atoms with E-state index in [9.17, 15) is 0 Å². The van der Waals surface area contributed by atoms with Gasteiger partial charge in [0.25, 0.3) is 0 Å². The summed E-state index contributed by atoms with van der Waals surface area (Å²) in [5.74, 6) is 0. The van der Waals surface area contributed by atoms with E-state index in [0.717, 1.165) is 11.3 Å². The number of fused-ring (bicyclic) bond motifs is 1. The second-order valence-corrected chi connectivity index (χ2v) is 3.84. The number of rotatable bonds is 1. The molecule has 0 N–H and O–H groups in total. The Bertz CT molecular complexity index is 624. The zero-order chi connectivity index (χ0) is 11.0. The van der Waals surface area contributed by atoms with Gasteiger partial charge in [-0.05, 0) is 19.1 Å². The minimum atomic E-state index is 0.999. The molecule has 0 unspecified atom stereocenters. The first-order valence-electron chi connectivity index (χ1n) is 5.35. The molecule has 0 bridgehead atoms. The third kappa shape index (κ3) is 1.31. The van der Waals surface area contributed by atoms with Crippen molar-refractivity contribution in [1.82, 2.24) is 9.38 Å². The standard InChI is InChI=1S/C14H12N2/c1-11-14(12-7-3-2-4-8-12)16-10-6-5-9-13(16)15-11/h2-10H,1H3. The van der Waals surface area contributed by atoms with Gasteiger partial charge in [0.05, 0.1) is 11.4 Å². The lowest BCUT2D eigenvalue weighted by Crippen LogP contribution is -1.87. The van der Waals surface area contributed by atoms with Gasteiger partial charge in [0.2, 0.25) is 0 Å². The molecular formula is C14H12N2. The predicted molar refractivity (Wildman–Crippen MR) is 65.4 cm³/mol. The van der Waals surface area contributed by atoms with Crippen molar-refractivity contribution in [3.63, 3.8) is 0 Å². The van der Waals surface area contributed by atoms with Crippen LogP contribution in [0.3, 0.4) is 0 Å². The van der Waals surface area contributed by atoms with E-state index >= 15 is 0 Å². The van der Waals surface area contributed by atoms with Crippen LogP contribution in [0, 0.1) is 6.92 Å². The lowest BCUT2D eigenvalue weighted by molar-refractivity contribution is 1.19. The van der Waals surface area contributed by atoms with E-state index in [1.807, 2.05) is 24.3 Å². The monoisotopic (exact) mass is 208 g/mol. The molecule has 2 heterocycles. The molecule has 0 fully saturated rings. The van der Waals surface area contributed by atoms with Crippen LogP contribution in [-0.2, 0) is 0 Å². The van der Waals surface area contributed by atoms with E-state index in [2.05, 4.69) is 46.8 Å². The van der Waals surface area contributed by atoms with Gasteiger partial charge in [0.1, 0.15) is 5.65 Å². The number of nitrogens with zero attached hydrogens (tertiary/aromatic N) is 2. The van der Waals surface area contributed by atoms with Crippen molar-refractivity contribution in [2.24, 2.45) is 0 Å². The summed E-state index contributed by atoms with van der Waals surface area (Å²) < 4.78 is 2.13. The van der Waals surface area contributed by atoms with Gasteiger partial charge in [-0.25, -0.2) is 4.98 Å². The molecule has 0 atom stereocenters. The minimum absolute atomic E-state index is 0.999. The normalized spacial score (nSPS) is 10.8. The summed E-state index contributed by atoms with van der Waals surface area (Å²) in [7, 11) is 0. The molecule has 0 saturated carbocycles. The summed E-state index contributed by atoms with van der Waals surface area (Å²) in [5, 5.41) is 0. The third-order valence-electron chi connectivity index (χ3n) is 2.75. The third-order valence-corrected chi connectivity index (χ3v) is 2.75. The molecule has 0 aliphatic rings. The Morgan fingerprint density at radius 3 is 2.50 bits per heavy atom. The van der Waals surface area contributed by atoms with E-state index in [1.165, 1.54) is 11.3 Å². The van der Waals surface area contributed by atoms with Gasteiger partial charge >= 0.3 is 0 Å². The molecule has 0 aliphatic heterocycles. The van der Waals surface area contributed by atoms with Crippen LogP contribution in [0.4, 0.5) is 0 Å². The molecule has 3 rings (SSSR count). The van der Waals surface area contributed by atoms with Gasteiger partial charge in [0, 0.05) is 11.8 Å². The summed E-state index contributed by atoms with van der Waals surface area (Å²) >= 11 is 0. The van der Waals surface area contributed by atoms with Crippen LogP contribution in [0.25, 0.3) is 16.9 Å². The largest absolute Gasteiger partial charge is 0.299 e. The SMILES string of the molecule is Cc1nc2ccccn2c1-c1ccccc1. The van der Waals surface area contributed by atoms with Gasteiger partial charge in [-0.2, -0.15) is 0 Å². The van der Waals surface area contributed by atoms with E-state index in [-0.39, 0.29) is 0 Å². The van der Waals surface area contributed by atoms with Crippen LogP contribution in [-0.4, -0.2) is 9.38 Å². The Morgan fingerprint density at radius 2 is 1.69 bits per heavy atom. The highest BCUT2D eigenvalue weighted by atomic mass is 15.0. The van der Waals surface area contributed by atoms with Crippen LogP contribution in [0.1, 0.15) is 5.69 Å². The molecule has 0 radical (unpaired) electrons. The molecule has 0 aliphatic carbocycles. The van der Waals surface area contributed by atoms with E-state index in [4.69, 9.17) is 0 Å². The number of hydrogen-bond donors (Lipinski definition) is 0. The molecule has 78 valence electrons. The molecular weight excluding hydrogens is 196 g/mol. The highest BCUT2D eigenvalue weighted by molar-refractivity contribution is 5.66. The second-order valence-electron chi connectivity index (χ2n) is 3.84. The van der Waals surface area contributed by atoms with Crippen molar-refractivity contribution in [2.45, 2.75) is 6.92 Å². The van der Waals surface area contributed by atoms with E-state index in [1.54, 1.807) is 0 Å². The first-order chi connectivity index (χ1) is 7.86. The topological polar surface area (TPSA) is 17.3 Å². The molecule has 0 spiro atoms. The predicted octanol–water partition coefficient (Wildman–Crippen LogP) is 3.31. The number of aryl methyl sites for hydroxylation is 1. The van der Waals surface area contributed by atoms with Crippen LogP contribution < -0.4 is 0 Å². The molecule has 2 heteroatoms. The summed E-state index contributed by atoms with van der Waals surface area (Å²) in [6.07, 6.45) is 2.05. The fourth-order valence-corrected chi connectivity index (χ4v) is 2.06. The second kappa shape index (κ2) is 3.49. The quantitative estimate of drug-likeness (QED) is 0.599. The van der Waals surface area contributed by atoms with Crippen molar-refractivity contribution in [3.05, 3.63) is 60.4 Å². The maximum atomic E-state index is 4.55. The highest BCUT2D eigenvalue weighted by Gasteiger charge is 2.08. The van der Waals surface area contributed by atoms with Gasteiger partial charge in [-0.1, -0.05) is 36.4 Å². The average Bonchev–Trinajstić information content (AvgIpc) is 2.66. The average molecular weight is 208 g/mol. The summed E-state index contributed by atoms with van der Waals surface area (Å²) in [6.45, 7) is 2.05. The number of aromatic nitrogens is 2. The Kier molecular flexibility index (Phi) is 2.00. The molecule has 3 aromatic rings. The Labute approximate surface area is 94.2 Å². The first-order valence-corrected chi connectivity index (χ1v) is 5.35. The number of pyridine rings is 1. The lowest BCUT2D eigenvalue weighted by atomic mass is 10.1. The molecule has 0 amide bonds. The Morgan fingerprint density at radius 1 is 0.938 bits per heavy atom. The number of imidazole rings is 1. The molecule has 0 saturated heterocycles.